The molecule has 1 aliphatic heterocycles. The molecule has 4 aliphatic carbocycles. The van der Waals surface area contributed by atoms with Crippen LogP contribution in [0.3, 0.4) is 0 Å². The van der Waals surface area contributed by atoms with Gasteiger partial charge in [0.25, 0.3) is 0 Å². The second-order valence-electron chi connectivity index (χ2n) is 15.2. The molecule has 38 heavy (non-hydrogen) atoms. The molecule has 5 aliphatic rings. The summed E-state index contributed by atoms with van der Waals surface area (Å²) in [4.78, 5) is 40.2. The average molecular weight is 524 g/mol. The van der Waals surface area contributed by atoms with Crippen molar-refractivity contribution >= 4 is 18.0 Å². The molecule has 0 amide bonds. The molecule has 0 N–H and O–H groups in total. The molecule has 9 atom stereocenters. The van der Waals surface area contributed by atoms with Gasteiger partial charge in [0, 0.05) is 16.7 Å². The van der Waals surface area contributed by atoms with Gasteiger partial charge in [-0.05, 0) is 79.1 Å². The van der Waals surface area contributed by atoms with Crippen LogP contribution in [-0.4, -0.2) is 37.4 Å². The van der Waals surface area contributed by atoms with E-state index in [0.29, 0.717) is 0 Å². The number of nitrogens with zero attached hydrogens (tertiary/aromatic N) is 1. The summed E-state index contributed by atoms with van der Waals surface area (Å²) < 4.78 is 11.4. The first-order chi connectivity index (χ1) is 17.6. The summed E-state index contributed by atoms with van der Waals surface area (Å²) in [5, 5.41) is 9.73. The van der Waals surface area contributed by atoms with Crippen molar-refractivity contribution in [3.63, 3.8) is 0 Å². The highest BCUT2D eigenvalue weighted by Gasteiger charge is 2.73. The lowest BCUT2D eigenvalue weighted by Gasteiger charge is -2.68. The molecule has 0 bridgehead atoms. The van der Waals surface area contributed by atoms with Gasteiger partial charge in [-0.3, -0.25) is 9.59 Å². The Labute approximate surface area is 227 Å². The van der Waals surface area contributed by atoms with Crippen molar-refractivity contribution in [2.45, 2.75) is 106 Å². The Kier molecular flexibility index (Phi) is 5.99. The molecule has 0 aromatic heterocycles. The van der Waals surface area contributed by atoms with Crippen LogP contribution in [0.25, 0.3) is 0 Å². The third-order valence-corrected chi connectivity index (χ3v) is 12.6. The maximum atomic E-state index is 14.5. The Morgan fingerprint density at radius 1 is 1.13 bits per heavy atom. The highest BCUT2D eigenvalue weighted by molar-refractivity contribution is 5.96. The van der Waals surface area contributed by atoms with Crippen molar-refractivity contribution in [2.75, 3.05) is 7.11 Å². The molecular formula is C32H45NO5. The van der Waals surface area contributed by atoms with E-state index in [2.05, 4.69) is 40.7 Å². The number of methoxy groups -OCH3 is 1. The normalized spacial score (nSPS) is 47.4. The number of epoxide rings is 1. The Morgan fingerprint density at radius 2 is 1.79 bits per heavy atom. The molecule has 6 heteroatoms. The van der Waals surface area contributed by atoms with Crippen LogP contribution in [0.2, 0.25) is 0 Å². The minimum absolute atomic E-state index is 0.0468. The number of carbonyl (C=O) groups excluding carboxylic acids is 3. The number of aldehydes is 1. The van der Waals surface area contributed by atoms with E-state index in [9.17, 15) is 19.6 Å². The minimum atomic E-state index is -0.621. The third-order valence-electron chi connectivity index (χ3n) is 12.6. The summed E-state index contributed by atoms with van der Waals surface area (Å²) >= 11 is 0. The summed E-state index contributed by atoms with van der Waals surface area (Å²) in [7, 11) is 1.48. The number of hydrogen-bond acceptors (Lipinski definition) is 6. The number of esters is 1. The van der Waals surface area contributed by atoms with Crippen molar-refractivity contribution in [3.05, 3.63) is 11.6 Å². The van der Waals surface area contributed by atoms with Crippen molar-refractivity contribution in [1.82, 2.24) is 0 Å². The topological polar surface area (TPSA) is 96.8 Å². The lowest BCUT2D eigenvalue weighted by Crippen LogP contribution is -2.66. The lowest BCUT2D eigenvalue weighted by atomic mass is 9.34. The Morgan fingerprint density at radius 3 is 2.37 bits per heavy atom. The zero-order chi connectivity index (χ0) is 28.1. The predicted octanol–water partition coefficient (Wildman–Crippen LogP) is 5.84. The van der Waals surface area contributed by atoms with Gasteiger partial charge < -0.3 is 14.3 Å². The SMILES string of the molecule is COC(=O)C12CCC(C)(C)CC1C1C(=O)C=C3C(C)(C4OC4C#N)C(C(C)(C)C=O)CCC3(C)C1(C)CC2. The maximum absolute atomic E-state index is 14.5. The minimum Gasteiger partial charge on any atom is -0.469 e. The molecule has 1 heterocycles. The average Bonchev–Trinajstić information content (AvgIpc) is 3.65. The van der Waals surface area contributed by atoms with Crippen LogP contribution < -0.4 is 0 Å². The molecular weight excluding hydrogens is 478 g/mol. The van der Waals surface area contributed by atoms with E-state index >= 15 is 0 Å². The van der Waals surface area contributed by atoms with E-state index < -0.39 is 22.3 Å². The second-order valence-corrected chi connectivity index (χ2v) is 15.2. The van der Waals surface area contributed by atoms with E-state index in [1.165, 1.54) is 7.11 Å². The smallest absolute Gasteiger partial charge is 0.312 e. The fraction of sp³-hybridized carbons (Fsp3) is 0.812. The fourth-order valence-electron chi connectivity index (χ4n) is 10.2. The number of ketones is 1. The van der Waals surface area contributed by atoms with Crippen LogP contribution in [0.4, 0.5) is 0 Å². The monoisotopic (exact) mass is 523 g/mol. The molecule has 0 radical (unpaired) electrons. The summed E-state index contributed by atoms with van der Waals surface area (Å²) in [6.45, 7) is 15.2. The van der Waals surface area contributed by atoms with Gasteiger partial charge in [-0.1, -0.05) is 54.0 Å². The molecule has 6 nitrogen and oxygen atoms in total. The number of fused-ring (bicyclic) bond motifs is 5. The molecule has 0 aromatic carbocycles. The van der Waals surface area contributed by atoms with Gasteiger partial charge in [0.05, 0.1) is 18.6 Å². The Hall–Kier alpha value is -2.00. The van der Waals surface area contributed by atoms with E-state index in [1.54, 1.807) is 0 Å². The standard InChI is InChI=1S/C32H45NO5/c1-27(2)11-13-32(26(36)37-8)14-12-30(6)24(19(32)16-27)20(35)15-23-29(30,5)10-9-22(28(3,4)18-34)31(23,7)25-21(17-33)38-25/h15,18-19,21-22,24-25H,9-14,16H2,1-8H3. The highest BCUT2D eigenvalue weighted by Crippen LogP contribution is 2.75. The molecule has 9 unspecified atom stereocenters. The predicted molar refractivity (Wildman–Crippen MR) is 143 cm³/mol. The summed E-state index contributed by atoms with van der Waals surface area (Å²) in [6.07, 6.45) is 7.78. The molecule has 3 saturated carbocycles. The first-order valence-corrected chi connectivity index (χ1v) is 14.4. The molecule has 0 aromatic rings. The van der Waals surface area contributed by atoms with Crippen LogP contribution >= 0.6 is 0 Å². The number of hydrogen-bond donors (Lipinski definition) is 0. The third kappa shape index (κ3) is 3.36. The van der Waals surface area contributed by atoms with Gasteiger partial charge in [0.2, 0.25) is 0 Å². The molecule has 208 valence electrons. The van der Waals surface area contributed by atoms with E-state index in [0.717, 1.165) is 56.8 Å². The van der Waals surface area contributed by atoms with Crippen molar-refractivity contribution in [2.24, 2.45) is 50.2 Å². The number of rotatable bonds is 4. The highest BCUT2D eigenvalue weighted by atomic mass is 16.6. The first kappa shape index (κ1) is 27.6. The zero-order valence-corrected chi connectivity index (χ0v) is 24.5. The van der Waals surface area contributed by atoms with Crippen LogP contribution in [0.15, 0.2) is 11.6 Å². The number of allylic oxidation sites excluding steroid dienone is 1. The summed E-state index contributed by atoms with van der Waals surface area (Å²) in [5.41, 5.74) is -1.40. The number of nitriles is 1. The largest absolute Gasteiger partial charge is 0.469 e. The van der Waals surface area contributed by atoms with Gasteiger partial charge in [-0.2, -0.15) is 5.26 Å². The van der Waals surface area contributed by atoms with Crippen LogP contribution in [0.1, 0.15) is 93.4 Å². The first-order valence-electron chi connectivity index (χ1n) is 14.4. The van der Waals surface area contributed by atoms with Crippen LogP contribution in [0, 0.1) is 61.6 Å². The second kappa shape index (κ2) is 8.26. The van der Waals surface area contributed by atoms with Gasteiger partial charge in [-0.25, -0.2) is 0 Å². The van der Waals surface area contributed by atoms with Crippen LogP contribution in [0.5, 0.6) is 0 Å². The van der Waals surface area contributed by atoms with Gasteiger partial charge in [-0.15, -0.1) is 0 Å². The van der Waals surface area contributed by atoms with E-state index in [1.807, 2.05) is 19.9 Å². The number of carbonyl (C=O) groups is 3. The maximum Gasteiger partial charge on any atom is 0.312 e. The van der Waals surface area contributed by atoms with Gasteiger partial charge >= 0.3 is 5.97 Å². The van der Waals surface area contributed by atoms with Crippen LogP contribution in [-0.2, 0) is 23.9 Å². The van der Waals surface area contributed by atoms with E-state index in [-0.39, 0.29) is 51.9 Å². The van der Waals surface area contributed by atoms with Crippen molar-refractivity contribution in [1.29, 1.82) is 5.26 Å². The lowest BCUT2D eigenvalue weighted by molar-refractivity contribution is -0.192. The Bertz CT molecular complexity index is 1150. The summed E-state index contributed by atoms with van der Waals surface area (Å²) in [6, 6.07) is 2.28. The van der Waals surface area contributed by atoms with Gasteiger partial charge in [0.1, 0.15) is 12.4 Å². The van der Waals surface area contributed by atoms with E-state index in [4.69, 9.17) is 9.47 Å². The quantitative estimate of drug-likeness (QED) is 0.261. The van der Waals surface area contributed by atoms with Gasteiger partial charge in [0.15, 0.2) is 11.9 Å². The molecule has 1 saturated heterocycles. The molecule has 5 rings (SSSR count). The Balaban J connectivity index is 1.68. The molecule has 0 spiro atoms. The zero-order valence-electron chi connectivity index (χ0n) is 24.5. The summed E-state index contributed by atoms with van der Waals surface area (Å²) in [5.74, 6) is -0.443. The fourth-order valence-corrected chi connectivity index (χ4v) is 10.2. The van der Waals surface area contributed by atoms with Crippen molar-refractivity contribution < 1.29 is 23.9 Å². The van der Waals surface area contributed by atoms with Crippen molar-refractivity contribution in [3.8, 4) is 6.07 Å². The molecule has 4 fully saturated rings. The number of ether oxygens (including phenoxy) is 2.